The third kappa shape index (κ3) is 2.00. The largest absolute Gasteiger partial charge is 0.421 e. The van der Waals surface area contributed by atoms with E-state index >= 15 is 0 Å². The second kappa shape index (κ2) is 3.39. The van der Waals surface area contributed by atoms with Crippen LogP contribution < -0.4 is 5.32 Å². The lowest BCUT2D eigenvalue weighted by atomic mass is 9.99. The number of halogens is 6. The van der Waals surface area contributed by atoms with Crippen LogP contribution in [0.4, 0.5) is 26.3 Å². The Balaban J connectivity index is 2.45. The second-order valence-electron chi connectivity index (χ2n) is 4.09. The Bertz CT molecular complexity index is 377. The Labute approximate surface area is 91.7 Å². The standard InChI is InChI=1S/C9H7F6NO/c10-8(11,12)6(9(13,14)15)4-1-3-2-5(4)16-7(3)17/h3,5H,1-2H2,(H,16,17)/t3-,5-/m0/s1. The van der Waals surface area contributed by atoms with E-state index in [-0.39, 0.29) is 6.42 Å². The monoisotopic (exact) mass is 259 g/mol. The zero-order chi connectivity index (χ0) is 13.0. The van der Waals surface area contributed by atoms with E-state index in [1.165, 1.54) is 0 Å². The topological polar surface area (TPSA) is 29.1 Å². The molecule has 1 N–H and O–H groups in total. The van der Waals surface area contributed by atoms with Crippen molar-refractivity contribution in [2.24, 2.45) is 5.92 Å². The maximum atomic E-state index is 12.4. The molecule has 2 aliphatic rings. The molecule has 1 amide bonds. The van der Waals surface area contributed by atoms with Crippen molar-refractivity contribution in [1.29, 1.82) is 0 Å². The van der Waals surface area contributed by atoms with Crippen molar-refractivity contribution in [3.8, 4) is 0 Å². The molecule has 1 heterocycles. The van der Waals surface area contributed by atoms with Crippen molar-refractivity contribution in [1.82, 2.24) is 5.32 Å². The fraction of sp³-hybridized carbons (Fsp3) is 0.667. The number of alkyl halides is 6. The molecule has 2 bridgehead atoms. The summed E-state index contributed by atoms with van der Waals surface area (Å²) in [5.41, 5.74) is -3.20. The number of carbonyl (C=O) groups is 1. The van der Waals surface area contributed by atoms with E-state index in [2.05, 4.69) is 5.32 Å². The van der Waals surface area contributed by atoms with Crippen molar-refractivity contribution in [3.63, 3.8) is 0 Å². The zero-order valence-electron chi connectivity index (χ0n) is 8.24. The summed E-state index contributed by atoms with van der Waals surface area (Å²) in [6, 6.07) is -1.12. The molecule has 1 aliphatic carbocycles. The van der Waals surface area contributed by atoms with Crippen LogP contribution >= 0.6 is 0 Å². The third-order valence-corrected chi connectivity index (χ3v) is 2.98. The lowest BCUT2D eigenvalue weighted by Gasteiger charge is -2.23. The van der Waals surface area contributed by atoms with Crippen molar-refractivity contribution in [2.45, 2.75) is 31.2 Å². The molecular formula is C9H7F6NO. The zero-order valence-corrected chi connectivity index (χ0v) is 8.24. The minimum atomic E-state index is -5.44. The maximum absolute atomic E-state index is 12.4. The molecule has 96 valence electrons. The number of hydrogen-bond acceptors (Lipinski definition) is 1. The molecule has 1 aliphatic heterocycles. The normalized spacial score (nSPS) is 28.6. The highest BCUT2D eigenvalue weighted by Crippen LogP contribution is 2.47. The molecule has 0 radical (unpaired) electrons. The number of rotatable bonds is 0. The third-order valence-electron chi connectivity index (χ3n) is 2.98. The highest BCUT2D eigenvalue weighted by atomic mass is 19.4. The highest BCUT2D eigenvalue weighted by molar-refractivity contribution is 5.84. The number of hydrogen-bond donors (Lipinski definition) is 1. The van der Waals surface area contributed by atoms with Gasteiger partial charge in [-0.1, -0.05) is 0 Å². The van der Waals surface area contributed by atoms with E-state index in [1.807, 2.05) is 0 Å². The van der Waals surface area contributed by atoms with Gasteiger partial charge in [0.2, 0.25) is 5.91 Å². The van der Waals surface area contributed by atoms with Crippen molar-refractivity contribution in [2.75, 3.05) is 0 Å². The summed E-state index contributed by atoms with van der Waals surface area (Å²) in [6.45, 7) is 0. The van der Waals surface area contributed by atoms with Gasteiger partial charge in [0.25, 0.3) is 0 Å². The lowest BCUT2D eigenvalue weighted by molar-refractivity contribution is -0.173. The van der Waals surface area contributed by atoms with Gasteiger partial charge in [0.15, 0.2) is 0 Å². The molecule has 2 atom stereocenters. The first kappa shape index (κ1) is 12.3. The minimum Gasteiger partial charge on any atom is -0.349 e. The summed E-state index contributed by atoms with van der Waals surface area (Å²) >= 11 is 0. The molecule has 0 aromatic heterocycles. The summed E-state index contributed by atoms with van der Waals surface area (Å²) < 4.78 is 74.4. The smallest absolute Gasteiger partial charge is 0.349 e. The summed E-state index contributed by atoms with van der Waals surface area (Å²) in [5, 5.41) is 2.13. The molecule has 0 aromatic carbocycles. The van der Waals surface area contributed by atoms with E-state index in [0.29, 0.717) is 0 Å². The summed E-state index contributed by atoms with van der Waals surface area (Å²) in [4.78, 5) is 11.0. The average molecular weight is 259 g/mol. The van der Waals surface area contributed by atoms with Crippen LogP contribution in [0.15, 0.2) is 11.1 Å². The SMILES string of the molecule is O=C1N[C@H]2C[C@@H]1CC2=C(C(F)(F)F)C(F)(F)F. The van der Waals surface area contributed by atoms with Crippen molar-refractivity contribution >= 4 is 5.91 Å². The van der Waals surface area contributed by atoms with Gasteiger partial charge in [-0.15, -0.1) is 0 Å². The Morgan fingerprint density at radius 1 is 1.12 bits per heavy atom. The molecule has 1 saturated heterocycles. The van der Waals surface area contributed by atoms with E-state index in [9.17, 15) is 31.1 Å². The van der Waals surface area contributed by atoms with Crippen LogP contribution in [0.25, 0.3) is 0 Å². The molecule has 0 spiro atoms. The van der Waals surface area contributed by atoms with Gasteiger partial charge >= 0.3 is 12.4 Å². The van der Waals surface area contributed by atoms with Crippen LogP contribution in [0.2, 0.25) is 0 Å². The van der Waals surface area contributed by atoms with Gasteiger partial charge < -0.3 is 5.32 Å². The average Bonchev–Trinajstić information content (AvgIpc) is 2.56. The Kier molecular flexibility index (Phi) is 2.45. The van der Waals surface area contributed by atoms with Gasteiger partial charge in [0.05, 0.1) is 6.04 Å². The lowest BCUT2D eigenvalue weighted by Crippen LogP contribution is -2.37. The molecule has 0 unspecified atom stereocenters. The van der Waals surface area contributed by atoms with E-state index < -0.39 is 47.8 Å². The number of allylic oxidation sites excluding steroid dienone is 1. The van der Waals surface area contributed by atoms with Crippen LogP contribution in [-0.2, 0) is 4.79 Å². The van der Waals surface area contributed by atoms with Crippen molar-refractivity contribution in [3.05, 3.63) is 11.1 Å². The Morgan fingerprint density at radius 2 is 1.65 bits per heavy atom. The molecule has 2 rings (SSSR count). The number of amides is 1. The fourth-order valence-electron chi connectivity index (χ4n) is 2.35. The Hall–Kier alpha value is -1.21. The van der Waals surface area contributed by atoms with Gasteiger partial charge in [0.1, 0.15) is 5.57 Å². The van der Waals surface area contributed by atoms with E-state index in [1.54, 1.807) is 0 Å². The molecule has 17 heavy (non-hydrogen) atoms. The maximum Gasteiger partial charge on any atom is 0.421 e. The van der Waals surface area contributed by atoms with Crippen LogP contribution in [0.3, 0.4) is 0 Å². The summed E-state index contributed by atoms with van der Waals surface area (Å²) in [6.07, 6.45) is -11.3. The molecule has 1 saturated carbocycles. The van der Waals surface area contributed by atoms with Crippen LogP contribution in [0.5, 0.6) is 0 Å². The molecular weight excluding hydrogens is 252 g/mol. The van der Waals surface area contributed by atoms with Gasteiger partial charge in [-0.2, -0.15) is 26.3 Å². The van der Waals surface area contributed by atoms with Crippen LogP contribution in [0, 0.1) is 5.92 Å². The number of nitrogens with one attached hydrogen (secondary N) is 1. The van der Waals surface area contributed by atoms with E-state index in [4.69, 9.17) is 0 Å². The first-order valence-electron chi connectivity index (χ1n) is 4.78. The quantitative estimate of drug-likeness (QED) is 0.525. The van der Waals surface area contributed by atoms with Crippen LogP contribution in [-0.4, -0.2) is 24.3 Å². The van der Waals surface area contributed by atoms with Gasteiger partial charge in [0, 0.05) is 5.92 Å². The highest BCUT2D eigenvalue weighted by Gasteiger charge is 2.56. The minimum absolute atomic E-state index is 0.0177. The first-order chi connectivity index (χ1) is 7.60. The molecule has 2 fully saturated rings. The van der Waals surface area contributed by atoms with Crippen LogP contribution in [0.1, 0.15) is 12.8 Å². The number of piperidine rings is 1. The summed E-state index contributed by atoms with van der Waals surface area (Å²) in [7, 11) is 0. The van der Waals surface area contributed by atoms with E-state index in [0.717, 1.165) is 0 Å². The van der Waals surface area contributed by atoms with Gasteiger partial charge in [-0.05, 0) is 18.4 Å². The van der Waals surface area contributed by atoms with Gasteiger partial charge in [-0.3, -0.25) is 4.79 Å². The molecule has 8 heteroatoms. The fourth-order valence-corrected chi connectivity index (χ4v) is 2.35. The predicted octanol–water partition coefficient (Wildman–Crippen LogP) is 2.32. The number of carbonyl (C=O) groups excluding carboxylic acids is 1. The first-order valence-corrected chi connectivity index (χ1v) is 4.78. The molecule has 0 aromatic rings. The van der Waals surface area contributed by atoms with Gasteiger partial charge in [-0.25, -0.2) is 0 Å². The second-order valence-corrected chi connectivity index (χ2v) is 4.09. The molecule has 2 nitrogen and oxygen atoms in total. The summed E-state index contributed by atoms with van der Waals surface area (Å²) in [5.74, 6) is -1.22. The number of fused-ring (bicyclic) bond motifs is 2. The Morgan fingerprint density at radius 3 is 1.94 bits per heavy atom. The van der Waals surface area contributed by atoms with Crippen molar-refractivity contribution < 1.29 is 31.1 Å². The predicted molar refractivity (Wildman–Crippen MR) is 43.8 cm³/mol.